The summed E-state index contributed by atoms with van der Waals surface area (Å²) in [7, 11) is -4.40. The van der Waals surface area contributed by atoms with Gasteiger partial charge in [-0.25, -0.2) is 4.57 Å². The molecule has 89 heavy (non-hydrogen) atoms. The molecule has 0 spiro atoms. The molecule has 0 aliphatic carbocycles. The van der Waals surface area contributed by atoms with Gasteiger partial charge in [0.2, 0.25) is 0 Å². The molecule has 0 heterocycles. The summed E-state index contributed by atoms with van der Waals surface area (Å²) in [4.78, 5) is 35.4. The summed E-state index contributed by atoms with van der Waals surface area (Å²) in [6.07, 6.45) is 106. The van der Waals surface area contributed by atoms with Crippen LogP contribution in [0, 0.1) is 0 Å². The van der Waals surface area contributed by atoms with Crippen LogP contribution in [0.4, 0.5) is 0 Å². The molecule has 0 rings (SSSR count). The Morgan fingerprint density at radius 3 is 0.865 bits per heavy atom. The van der Waals surface area contributed by atoms with Crippen molar-refractivity contribution in [2.75, 3.05) is 26.4 Å². The average molecular weight is 1250 g/mol. The van der Waals surface area contributed by atoms with Crippen molar-refractivity contribution in [3.63, 3.8) is 0 Å². The molecule has 0 aromatic heterocycles. The van der Waals surface area contributed by atoms with Gasteiger partial charge in [0.15, 0.2) is 6.10 Å². The monoisotopic (exact) mass is 1250 g/mol. The molecule has 0 saturated heterocycles. The maximum absolute atomic E-state index is 12.8. The third-order valence-electron chi connectivity index (χ3n) is 14.9. The first kappa shape index (κ1) is 84.6. The Kier molecular flexibility index (Phi) is 69.1. The van der Waals surface area contributed by atoms with Gasteiger partial charge in [0.05, 0.1) is 13.2 Å². The molecule has 2 atom stereocenters. The first-order valence-electron chi connectivity index (χ1n) is 36.0. The Hall–Kier alpha value is -4.37. The van der Waals surface area contributed by atoms with Gasteiger partial charge in [0.25, 0.3) is 0 Å². The summed E-state index contributed by atoms with van der Waals surface area (Å²) < 4.78 is 33.2. The summed E-state index contributed by atoms with van der Waals surface area (Å²) in [5.41, 5.74) is 5.40. The lowest BCUT2D eigenvalue weighted by Gasteiger charge is -2.19. The number of carbonyl (C=O) groups is 2. The lowest BCUT2D eigenvalue weighted by molar-refractivity contribution is -0.161. The van der Waals surface area contributed by atoms with E-state index in [0.29, 0.717) is 6.42 Å². The van der Waals surface area contributed by atoms with Crippen molar-refractivity contribution in [1.29, 1.82) is 0 Å². The molecule has 9 nitrogen and oxygen atoms in total. The van der Waals surface area contributed by atoms with E-state index < -0.39 is 32.5 Å². The lowest BCUT2D eigenvalue weighted by atomic mass is 10.0. The number of allylic oxidation sites excluding steroid dienone is 26. The Morgan fingerprint density at radius 2 is 0.584 bits per heavy atom. The molecule has 0 bridgehead atoms. The van der Waals surface area contributed by atoms with Crippen LogP contribution in [0.2, 0.25) is 0 Å². The van der Waals surface area contributed by atoms with Crippen LogP contribution >= 0.6 is 7.82 Å². The lowest BCUT2D eigenvalue weighted by Crippen LogP contribution is -2.29. The highest BCUT2D eigenvalue weighted by Gasteiger charge is 2.26. The van der Waals surface area contributed by atoms with E-state index in [0.717, 1.165) is 135 Å². The number of nitrogens with two attached hydrogens (primary N) is 1. The maximum atomic E-state index is 12.8. The second kappa shape index (κ2) is 72.7. The third kappa shape index (κ3) is 72.6. The highest BCUT2D eigenvalue weighted by atomic mass is 31.2. The fourth-order valence-corrected chi connectivity index (χ4v) is 10.4. The Morgan fingerprint density at radius 1 is 0.337 bits per heavy atom. The normalized spacial score (nSPS) is 13.9. The molecule has 10 heteroatoms. The third-order valence-corrected chi connectivity index (χ3v) is 15.9. The first-order valence-corrected chi connectivity index (χ1v) is 37.5. The zero-order chi connectivity index (χ0) is 64.4. The van der Waals surface area contributed by atoms with Gasteiger partial charge in [-0.3, -0.25) is 18.6 Å². The molecule has 0 aromatic rings. The predicted molar refractivity (Wildman–Crippen MR) is 385 cm³/mol. The summed E-state index contributed by atoms with van der Waals surface area (Å²) >= 11 is 0. The van der Waals surface area contributed by atoms with E-state index in [2.05, 4.69) is 172 Å². The van der Waals surface area contributed by atoms with E-state index in [-0.39, 0.29) is 32.6 Å². The summed E-state index contributed by atoms with van der Waals surface area (Å²) in [5, 5.41) is 0. The van der Waals surface area contributed by atoms with Crippen molar-refractivity contribution in [1.82, 2.24) is 0 Å². The van der Waals surface area contributed by atoms with Gasteiger partial charge < -0.3 is 20.1 Å². The second-order valence-electron chi connectivity index (χ2n) is 23.3. The molecule has 0 radical (unpaired) electrons. The van der Waals surface area contributed by atoms with Crippen molar-refractivity contribution < 1.29 is 37.6 Å². The van der Waals surface area contributed by atoms with Gasteiger partial charge in [-0.05, 0) is 122 Å². The van der Waals surface area contributed by atoms with Gasteiger partial charge in [0.1, 0.15) is 6.61 Å². The van der Waals surface area contributed by atoms with Crippen LogP contribution in [-0.4, -0.2) is 49.3 Å². The minimum absolute atomic E-state index is 0.0465. The van der Waals surface area contributed by atoms with Crippen molar-refractivity contribution >= 4 is 19.8 Å². The van der Waals surface area contributed by atoms with Gasteiger partial charge in [0, 0.05) is 19.4 Å². The average Bonchev–Trinajstić information content (AvgIpc) is 3.58. The standard InChI is InChI=1S/C79H132NO8P/c1-3-5-7-9-11-13-15-17-19-21-23-25-27-29-31-32-33-34-35-36-37-38-39-40-41-42-43-44-46-48-50-52-54-56-58-60-62-64-66-68-70-72-79(82)88-77(76-87-89(83,84)86-74-73-80)75-85-78(81)71-69-67-65-63-61-59-57-55-53-51-49-47-45-30-28-26-24-22-20-18-16-14-12-10-8-6-4-2/h5-8,11-14,17-20,23-26,29-31,33-34,36-37,45,49,51,77H,3-4,9-10,15-16,21-22,27-28,32,35,38-44,46-48,50,52-76,80H2,1-2H3,(H,83,84)/b7-5-,8-6-,13-11-,14-12-,19-17-,20-18-,25-23-,26-24-,31-29-,34-33-,37-36-,45-30-,51-49-. The topological polar surface area (TPSA) is 134 Å². The Balaban J connectivity index is 3.88. The van der Waals surface area contributed by atoms with Gasteiger partial charge in [-0.2, -0.15) is 0 Å². The molecule has 0 aliphatic rings. The number of hydrogen-bond donors (Lipinski definition) is 2. The number of esters is 2. The number of hydrogen-bond acceptors (Lipinski definition) is 8. The van der Waals surface area contributed by atoms with Gasteiger partial charge in [-0.15, -0.1) is 0 Å². The van der Waals surface area contributed by atoms with Crippen LogP contribution in [-0.2, 0) is 32.7 Å². The van der Waals surface area contributed by atoms with E-state index in [1.807, 2.05) is 0 Å². The van der Waals surface area contributed by atoms with Crippen molar-refractivity contribution in [3.05, 3.63) is 158 Å². The second-order valence-corrected chi connectivity index (χ2v) is 24.8. The minimum Gasteiger partial charge on any atom is -0.462 e. The van der Waals surface area contributed by atoms with Crippen LogP contribution < -0.4 is 5.73 Å². The fraction of sp³-hybridized carbons (Fsp3) is 0.646. The van der Waals surface area contributed by atoms with E-state index >= 15 is 0 Å². The van der Waals surface area contributed by atoms with E-state index in [9.17, 15) is 19.0 Å². The van der Waals surface area contributed by atoms with Crippen LogP contribution in [0.15, 0.2) is 158 Å². The highest BCUT2D eigenvalue weighted by Crippen LogP contribution is 2.43. The molecular formula is C79H132NO8P. The zero-order valence-electron chi connectivity index (χ0n) is 56.9. The molecular weight excluding hydrogens is 1120 g/mol. The Labute approximate surface area is 547 Å². The Bertz CT molecular complexity index is 2020. The molecule has 506 valence electrons. The molecule has 0 aliphatic heterocycles. The van der Waals surface area contributed by atoms with E-state index in [1.165, 1.54) is 128 Å². The smallest absolute Gasteiger partial charge is 0.462 e. The van der Waals surface area contributed by atoms with Crippen LogP contribution in [0.3, 0.4) is 0 Å². The van der Waals surface area contributed by atoms with Crippen molar-refractivity contribution in [2.24, 2.45) is 5.73 Å². The van der Waals surface area contributed by atoms with Crippen LogP contribution in [0.5, 0.6) is 0 Å². The summed E-state index contributed by atoms with van der Waals surface area (Å²) in [5.74, 6) is -0.837. The molecule has 2 unspecified atom stereocenters. The summed E-state index contributed by atoms with van der Waals surface area (Å²) in [6, 6.07) is 0. The SMILES string of the molecule is CC/C=C\C/C=C\C/C=C\C/C=C\C/C=C\C/C=C\C/C=C\CCCCCCCCCCCCCCCCCCCCCC(=O)OC(COC(=O)CCCCCCCCCC/C=C\C/C=C\C/C=C\C/C=C\C/C=C\C/C=C\CC)COP(=O)(O)OCCN. The van der Waals surface area contributed by atoms with E-state index in [4.69, 9.17) is 24.3 Å². The molecule has 0 fully saturated rings. The number of carbonyl (C=O) groups excluding carboxylic acids is 2. The highest BCUT2D eigenvalue weighted by molar-refractivity contribution is 7.47. The molecule has 0 aromatic carbocycles. The van der Waals surface area contributed by atoms with E-state index in [1.54, 1.807) is 0 Å². The predicted octanol–water partition coefficient (Wildman–Crippen LogP) is 24.0. The molecule has 0 amide bonds. The van der Waals surface area contributed by atoms with Gasteiger partial charge in [-0.1, -0.05) is 320 Å². The first-order chi connectivity index (χ1) is 43.8. The van der Waals surface area contributed by atoms with Crippen LogP contribution in [0.1, 0.15) is 296 Å². The van der Waals surface area contributed by atoms with Gasteiger partial charge >= 0.3 is 19.8 Å². The number of phosphoric acid groups is 1. The number of rotatable bonds is 66. The largest absolute Gasteiger partial charge is 0.472 e. The van der Waals surface area contributed by atoms with Crippen molar-refractivity contribution in [3.8, 4) is 0 Å². The quantitative estimate of drug-likeness (QED) is 0.0264. The van der Waals surface area contributed by atoms with Crippen molar-refractivity contribution in [2.45, 2.75) is 302 Å². The minimum atomic E-state index is -4.40. The number of ether oxygens (including phenoxy) is 2. The summed E-state index contributed by atoms with van der Waals surface area (Å²) in [6.45, 7) is 3.52. The maximum Gasteiger partial charge on any atom is 0.472 e. The van der Waals surface area contributed by atoms with Crippen LogP contribution in [0.25, 0.3) is 0 Å². The molecule has 0 saturated carbocycles. The molecule has 3 N–H and O–H groups in total. The fourth-order valence-electron chi connectivity index (χ4n) is 9.68. The zero-order valence-corrected chi connectivity index (χ0v) is 57.8. The number of unbranched alkanes of at least 4 members (excludes halogenated alkanes) is 27. The number of phosphoric ester groups is 1.